The summed E-state index contributed by atoms with van der Waals surface area (Å²) in [5.41, 5.74) is 0.597. The first-order valence-corrected chi connectivity index (χ1v) is 13.1. The Kier molecular flexibility index (Phi) is 6.35. The van der Waals surface area contributed by atoms with Crippen LogP contribution in [0.2, 0.25) is 0 Å². The lowest BCUT2D eigenvalue weighted by atomic mass is 10.3. The molecule has 162 valence electrons. The topological polar surface area (TPSA) is 112 Å². The van der Waals surface area contributed by atoms with Gasteiger partial charge in [0.1, 0.15) is 11.5 Å². The molecule has 0 spiro atoms. The Morgan fingerprint density at radius 2 is 1.77 bits per heavy atom. The fourth-order valence-corrected chi connectivity index (χ4v) is 5.70. The van der Waals surface area contributed by atoms with Crippen LogP contribution in [0.3, 0.4) is 0 Å². The number of nitrogens with zero attached hydrogens (tertiary/aromatic N) is 2. The SMILES string of the molecule is C#CCn1c(=NC(=O)CS(=O)(=O)c2ccc(OC)cc2)sc2cc(S(C)(=O)=O)ccc21. The Morgan fingerprint density at radius 3 is 2.35 bits per heavy atom. The first kappa shape index (κ1) is 22.7. The largest absolute Gasteiger partial charge is 0.497 e. The number of rotatable bonds is 6. The molecule has 8 nitrogen and oxygen atoms in total. The number of aromatic nitrogens is 1. The third-order valence-corrected chi connectivity index (χ3v) is 8.05. The predicted octanol–water partition coefficient (Wildman–Crippen LogP) is 1.65. The standard InChI is InChI=1S/C20H18N2O6S3/c1-4-11-22-17-10-9-16(30(3,24)25)12-18(17)29-20(22)21-19(23)13-31(26,27)15-7-5-14(28-2)6-8-15/h1,5-10,12H,11,13H2,2-3H3. The number of hydrogen-bond acceptors (Lipinski definition) is 7. The Balaban J connectivity index is 2.01. The first-order valence-electron chi connectivity index (χ1n) is 8.76. The summed E-state index contributed by atoms with van der Waals surface area (Å²) in [5.74, 6) is 1.26. The van der Waals surface area contributed by atoms with Crippen molar-refractivity contribution in [3.05, 3.63) is 47.3 Å². The Morgan fingerprint density at radius 1 is 1.13 bits per heavy atom. The second kappa shape index (κ2) is 8.66. The number of sulfone groups is 2. The highest BCUT2D eigenvalue weighted by Crippen LogP contribution is 2.22. The molecule has 0 bridgehead atoms. The van der Waals surface area contributed by atoms with Crippen LogP contribution in [0.5, 0.6) is 5.75 Å². The summed E-state index contributed by atoms with van der Waals surface area (Å²) in [5, 5.41) is 0. The van der Waals surface area contributed by atoms with Gasteiger partial charge in [-0.15, -0.1) is 6.42 Å². The second-order valence-electron chi connectivity index (χ2n) is 6.52. The smallest absolute Gasteiger partial charge is 0.263 e. The van der Waals surface area contributed by atoms with Crippen molar-refractivity contribution >= 4 is 47.1 Å². The third kappa shape index (κ3) is 5.04. The number of carbonyl (C=O) groups excluding carboxylic acids is 1. The van der Waals surface area contributed by atoms with Crippen LogP contribution in [-0.2, 0) is 31.0 Å². The number of hydrogen-bond donors (Lipinski definition) is 0. The summed E-state index contributed by atoms with van der Waals surface area (Å²) >= 11 is 1.05. The van der Waals surface area contributed by atoms with Crippen molar-refractivity contribution in [1.29, 1.82) is 0 Å². The Bertz CT molecular complexity index is 1470. The van der Waals surface area contributed by atoms with Crippen LogP contribution in [0.4, 0.5) is 0 Å². The lowest BCUT2D eigenvalue weighted by molar-refractivity contribution is -0.115. The predicted molar refractivity (Wildman–Crippen MR) is 117 cm³/mol. The van der Waals surface area contributed by atoms with Gasteiger partial charge in [-0.05, 0) is 42.5 Å². The number of thiazole rings is 1. The zero-order valence-electron chi connectivity index (χ0n) is 16.6. The van der Waals surface area contributed by atoms with Crippen LogP contribution >= 0.6 is 11.3 Å². The lowest BCUT2D eigenvalue weighted by Gasteiger charge is -2.04. The number of carbonyl (C=O) groups is 1. The van der Waals surface area contributed by atoms with Crippen LogP contribution < -0.4 is 9.54 Å². The molecule has 0 fully saturated rings. The van der Waals surface area contributed by atoms with Crippen molar-refractivity contribution in [3.63, 3.8) is 0 Å². The normalized spacial score (nSPS) is 12.6. The lowest BCUT2D eigenvalue weighted by Crippen LogP contribution is -2.20. The van der Waals surface area contributed by atoms with Crippen molar-refractivity contribution < 1.29 is 26.4 Å². The van der Waals surface area contributed by atoms with Crippen LogP contribution in [0.15, 0.2) is 57.2 Å². The molecule has 1 heterocycles. The highest BCUT2D eigenvalue weighted by molar-refractivity contribution is 7.92. The van der Waals surface area contributed by atoms with E-state index in [1.54, 1.807) is 10.6 Å². The van der Waals surface area contributed by atoms with Gasteiger partial charge in [0.25, 0.3) is 5.91 Å². The molecule has 0 aliphatic rings. The molecule has 0 aliphatic heterocycles. The molecule has 3 rings (SSSR count). The number of benzene rings is 2. The minimum absolute atomic E-state index is 0.0255. The van der Waals surface area contributed by atoms with E-state index in [1.807, 2.05) is 0 Å². The van der Waals surface area contributed by atoms with Crippen LogP contribution in [-0.4, -0.2) is 46.4 Å². The molecule has 0 saturated heterocycles. The molecule has 1 amide bonds. The van der Waals surface area contributed by atoms with E-state index in [2.05, 4.69) is 10.9 Å². The summed E-state index contributed by atoms with van der Waals surface area (Å²) in [6.07, 6.45) is 6.51. The molecule has 0 aliphatic carbocycles. The number of fused-ring (bicyclic) bond motifs is 1. The molecule has 2 aromatic carbocycles. The van der Waals surface area contributed by atoms with Crippen molar-refractivity contribution in [2.75, 3.05) is 19.1 Å². The van der Waals surface area contributed by atoms with E-state index in [-0.39, 0.29) is 21.1 Å². The minimum Gasteiger partial charge on any atom is -0.497 e. The number of ether oxygens (including phenoxy) is 1. The van der Waals surface area contributed by atoms with Crippen LogP contribution in [0.1, 0.15) is 0 Å². The number of methoxy groups -OCH3 is 1. The highest BCUT2D eigenvalue weighted by Gasteiger charge is 2.20. The van der Waals surface area contributed by atoms with Gasteiger partial charge in [0, 0.05) is 6.26 Å². The monoisotopic (exact) mass is 478 g/mol. The molecule has 1 aromatic heterocycles. The van der Waals surface area contributed by atoms with Gasteiger partial charge in [-0.25, -0.2) is 16.8 Å². The molecular formula is C20H18N2O6S3. The van der Waals surface area contributed by atoms with E-state index >= 15 is 0 Å². The van der Waals surface area contributed by atoms with Gasteiger partial charge in [-0.2, -0.15) is 4.99 Å². The zero-order valence-corrected chi connectivity index (χ0v) is 19.1. The second-order valence-corrected chi connectivity index (χ2v) is 11.5. The van der Waals surface area contributed by atoms with E-state index < -0.39 is 31.3 Å². The van der Waals surface area contributed by atoms with Crippen LogP contribution in [0.25, 0.3) is 10.2 Å². The van der Waals surface area contributed by atoms with Crippen molar-refractivity contribution in [1.82, 2.24) is 4.57 Å². The van der Waals surface area contributed by atoms with Crippen LogP contribution in [0, 0.1) is 12.3 Å². The summed E-state index contributed by atoms with van der Waals surface area (Å²) < 4.78 is 55.8. The number of terminal acetylenes is 1. The van der Waals surface area contributed by atoms with Crippen molar-refractivity contribution in [2.45, 2.75) is 16.3 Å². The molecule has 0 radical (unpaired) electrons. The average Bonchev–Trinajstić information content (AvgIpc) is 3.03. The van der Waals surface area contributed by atoms with Gasteiger partial charge in [0.05, 0.1) is 33.7 Å². The Hall–Kier alpha value is -2.94. The summed E-state index contributed by atoms with van der Waals surface area (Å²) in [4.78, 5) is 16.7. The third-order valence-electron chi connectivity index (χ3n) is 4.28. The molecule has 0 atom stereocenters. The van der Waals surface area contributed by atoms with Gasteiger partial charge >= 0.3 is 0 Å². The van der Waals surface area contributed by atoms with E-state index in [9.17, 15) is 21.6 Å². The molecule has 11 heteroatoms. The fraction of sp³-hybridized carbons (Fsp3) is 0.200. The average molecular weight is 479 g/mol. The molecule has 0 unspecified atom stereocenters. The van der Waals surface area contributed by atoms with E-state index in [1.165, 1.54) is 43.5 Å². The highest BCUT2D eigenvalue weighted by atomic mass is 32.2. The minimum atomic E-state index is -3.91. The summed E-state index contributed by atoms with van der Waals surface area (Å²) in [7, 11) is -5.87. The number of amides is 1. The quantitative estimate of drug-likeness (QED) is 0.498. The summed E-state index contributed by atoms with van der Waals surface area (Å²) in [6, 6.07) is 10.2. The van der Waals surface area contributed by atoms with E-state index in [0.717, 1.165) is 17.6 Å². The van der Waals surface area contributed by atoms with Gasteiger partial charge in [-0.1, -0.05) is 17.3 Å². The fourth-order valence-electron chi connectivity index (χ4n) is 2.78. The molecular weight excluding hydrogens is 460 g/mol. The molecule has 3 aromatic rings. The molecule has 31 heavy (non-hydrogen) atoms. The maximum Gasteiger partial charge on any atom is 0.263 e. The maximum atomic E-state index is 12.5. The van der Waals surface area contributed by atoms with Gasteiger partial charge in [-0.3, -0.25) is 4.79 Å². The van der Waals surface area contributed by atoms with Gasteiger partial charge < -0.3 is 9.30 Å². The van der Waals surface area contributed by atoms with Crippen molar-refractivity contribution in [2.24, 2.45) is 4.99 Å². The van der Waals surface area contributed by atoms with Crippen molar-refractivity contribution in [3.8, 4) is 18.1 Å². The van der Waals surface area contributed by atoms with E-state index in [4.69, 9.17) is 11.2 Å². The molecule has 0 N–H and O–H groups in total. The van der Waals surface area contributed by atoms with E-state index in [0.29, 0.717) is 16.0 Å². The summed E-state index contributed by atoms with van der Waals surface area (Å²) in [6.45, 7) is 0.0789. The first-order chi connectivity index (χ1) is 14.5. The Labute approximate surface area is 183 Å². The molecule has 0 saturated carbocycles. The zero-order chi connectivity index (χ0) is 22.8. The van der Waals surface area contributed by atoms with Gasteiger partial charge in [0.15, 0.2) is 24.5 Å². The van der Waals surface area contributed by atoms with Gasteiger partial charge in [0.2, 0.25) is 0 Å². The maximum absolute atomic E-state index is 12.5.